The first kappa shape index (κ1) is 62.0. The Hall–Kier alpha value is -13.0. The third-order valence-electron chi connectivity index (χ3n) is 21.5. The second kappa shape index (κ2) is 25.6. The van der Waals surface area contributed by atoms with Crippen LogP contribution in [0.2, 0.25) is 0 Å². The normalized spacial score (nSPS) is 12.3. The van der Waals surface area contributed by atoms with Gasteiger partial charge in [-0.25, -0.2) is 0 Å². The van der Waals surface area contributed by atoms with Crippen molar-refractivity contribution in [2.24, 2.45) is 0 Å². The third kappa shape index (κ3) is 10.8. The summed E-state index contributed by atoms with van der Waals surface area (Å²) in [4.78, 5) is 5.40. The van der Waals surface area contributed by atoms with Crippen LogP contribution in [0.5, 0.6) is 0 Å². The number of fused-ring (bicyclic) bond motifs is 7. The summed E-state index contributed by atoms with van der Waals surface area (Å²) in [7, 11) is 0. The zero-order chi connectivity index (χ0) is 69.4. The molecule has 0 bridgehead atoms. The van der Waals surface area contributed by atoms with E-state index >= 15 is 0 Å². The molecule has 0 saturated carbocycles. The van der Waals surface area contributed by atoms with Gasteiger partial charge in [-0.15, -0.1) is 0 Å². The van der Waals surface area contributed by atoms with Crippen LogP contribution in [0.4, 0.5) is 34.1 Å². The summed E-state index contributed by atoms with van der Waals surface area (Å²) < 4.78 is 2.49. The molecule has 3 nitrogen and oxygen atoms in total. The summed E-state index contributed by atoms with van der Waals surface area (Å²) >= 11 is 0. The molecule has 0 saturated heterocycles. The number of hydrogen-bond donors (Lipinski definition) is 0. The van der Waals surface area contributed by atoms with Gasteiger partial charge in [-0.3, -0.25) is 0 Å². The zero-order valence-corrected chi connectivity index (χ0v) is 58.3. The standard InChI is InChI=1S/C100H72BN3/c1-100(2,3)81-64-95-97-96(65-81)104(98-83(71-38-18-8-19-39-71)48-28-49-84(98)72-40-20-9-21-41-72)94-66-82(102-91-52-24-22-46-87(91)88-47-23-25-53-92(88)102)55-56-89(94)101(97)90-63-75(80-61-78(69-34-14-6-15-35-69)60-79(62-80)70-36-16-7-17-37-70)54-57-93(90)103(95)99-85(76-44-26-42-73(58-76)67-30-10-4-11-31-67)50-29-51-86(99)77-45-27-43-74(59-77)68-32-12-5-13-33-68/h4-66H,1-3H3. The third-order valence-corrected chi connectivity index (χ3v) is 21.5. The molecular weight excluding hydrogens is 1250 g/mol. The van der Waals surface area contributed by atoms with Gasteiger partial charge in [0.1, 0.15) is 0 Å². The lowest BCUT2D eigenvalue weighted by atomic mass is 9.33. The van der Waals surface area contributed by atoms with E-state index in [-0.39, 0.29) is 12.1 Å². The molecular formula is C100H72BN3. The first-order valence-electron chi connectivity index (χ1n) is 36.2. The summed E-state index contributed by atoms with van der Waals surface area (Å²) in [6.45, 7) is 6.89. The van der Waals surface area contributed by atoms with Crippen molar-refractivity contribution >= 4 is 79.0 Å². The Bertz CT molecular complexity index is 5870. The molecule has 0 unspecified atom stereocenters. The molecule has 0 amide bonds. The zero-order valence-electron chi connectivity index (χ0n) is 58.3. The van der Waals surface area contributed by atoms with Gasteiger partial charge in [0.05, 0.1) is 22.4 Å². The monoisotopic (exact) mass is 1330 g/mol. The first-order chi connectivity index (χ1) is 51.2. The minimum Gasteiger partial charge on any atom is -0.310 e. The average molecular weight is 1330 g/mol. The van der Waals surface area contributed by atoms with E-state index in [1.54, 1.807) is 0 Å². The molecule has 3 heterocycles. The average Bonchev–Trinajstić information content (AvgIpc) is 0.739. The van der Waals surface area contributed by atoms with Gasteiger partial charge in [0.25, 0.3) is 6.71 Å². The van der Waals surface area contributed by atoms with E-state index in [1.807, 2.05) is 0 Å². The maximum absolute atomic E-state index is 2.70. The van der Waals surface area contributed by atoms with Gasteiger partial charge in [-0.05, 0) is 178 Å². The van der Waals surface area contributed by atoms with E-state index in [2.05, 4.69) is 417 Å². The van der Waals surface area contributed by atoms with Crippen LogP contribution in [-0.4, -0.2) is 11.3 Å². The summed E-state index contributed by atoms with van der Waals surface area (Å²) in [5.41, 5.74) is 35.4. The molecule has 17 aromatic rings. The van der Waals surface area contributed by atoms with Crippen molar-refractivity contribution in [2.45, 2.75) is 26.2 Å². The van der Waals surface area contributed by atoms with Crippen molar-refractivity contribution in [1.29, 1.82) is 0 Å². The van der Waals surface area contributed by atoms with Crippen LogP contribution in [0.1, 0.15) is 26.3 Å². The van der Waals surface area contributed by atoms with Crippen molar-refractivity contribution in [1.82, 2.24) is 4.57 Å². The Balaban J connectivity index is 0.969. The van der Waals surface area contributed by atoms with E-state index in [1.165, 1.54) is 66.1 Å². The van der Waals surface area contributed by atoms with Gasteiger partial charge in [-0.1, -0.05) is 330 Å². The fourth-order valence-corrected chi connectivity index (χ4v) is 16.5. The summed E-state index contributed by atoms with van der Waals surface area (Å²) in [6.07, 6.45) is 0. The van der Waals surface area contributed by atoms with E-state index in [0.717, 1.165) is 118 Å². The summed E-state index contributed by atoms with van der Waals surface area (Å²) in [5.74, 6) is 0. The molecule has 0 radical (unpaired) electrons. The lowest BCUT2D eigenvalue weighted by Gasteiger charge is -2.46. The number of anilines is 6. The second-order valence-corrected chi connectivity index (χ2v) is 28.7. The SMILES string of the molecule is CC(C)(C)c1cc2c3c(c1)N(c1c(-c4ccccc4)cccc1-c1ccccc1)c1cc(-n4c5ccccc5c5ccccc54)ccc1B3c1cc(-c3cc(-c4ccccc4)cc(-c4ccccc4)c3)ccc1N2c1c(-c2cccc(-c3ccccc3)c2)cccc1-c1cccc(-c2ccccc2)c1. The summed E-state index contributed by atoms with van der Waals surface area (Å²) in [6, 6.07) is 143. The predicted molar refractivity (Wildman–Crippen MR) is 442 cm³/mol. The minimum atomic E-state index is -0.328. The highest BCUT2D eigenvalue weighted by Gasteiger charge is 2.46. The maximum atomic E-state index is 2.70. The highest BCUT2D eigenvalue weighted by Crippen LogP contribution is 2.55. The highest BCUT2D eigenvalue weighted by atomic mass is 15.2. The highest BCUT2D eigenvalue weighted by molar-refractivity contribution is 7.00. The second-order valence-electron chi connectivity index (χ2n) is 28.7. The molecule has 0 aliphatic carbocycles. The Morgan fingerprint density at radius 1 is 0.231 bits per heavy atom. The van der Waals surface area contributed by atoms with Gasteiger partial charge in [0, 0.05) is 61.5 Å². The number of aromatic nitrogens is 1. The minimum absolute atomic E-state index is 0.271. The van der Waals surface area contributed by atoms with Crippen LogP contribution in [-0.2, 0) is 5.41 Å². The fraction of sp³-hybridized carbons (Fsp3) is 0.0400. The quantitative estimate of drug-likeness (QED) is 0.113. The molecule has 490 valence electrons. The van der Waals surface area contributed by atoms with Crippen molar-refractivity contribution < 1.29 is 0 Å². The first-order valence-corrected chi connectivity index (χ1v) is 36.2. The number of para-hydroxylation sites is 4. The predicted octanol–water partition coefficient (Wildman–Crippen LogP) is 25.2. The fourth-order valence-electron chi connectivity index (χ4n) is 16.5. The lowest BCUT2D eigenvalue weighted by Crippen LogP contribution is -2.61. The van der Waals surface area contributed by atoms with Crippen LogP contribution in [0.25, 0.3) is 128 Å². The molecule has 2 aliphatic heterocycles. The molecule has 104 heavy (non-hydrogen) atoms. The smallest absolute Gasteiger partial charge is 0.252 e. The van der Waals surface area contributed by atoms with Gasteiger partial charge in [0.15, 0.2) is 0 Å². The van der Waals surface area contributed by atoms with E-state index in [9.17, 15) is 0 Å². The van der Waals surface area contributed by atoms with Crippen LogP contribution >= 0.6 is 0 Å². The van der Waals surface area contributed by atoms with Crippen LogP contribution in [0.3, 0.4) is 0 Å². The Morgan fingerprint density at radius 3 is 1.03 bits per heavy atom. The van der Waals surface area contributed by atoms with Crippen LogP contribution in [0, 0.1) is 0 Å². The van der Waals surface area contributed by atoms with Crippen molar-refractivity contribution in [3.63, 3.8) is 0 Å². The molecule has 0 atom stereocenters. The van der Waals surface area contributed by atoms with Crippen molar-refractivity contribution in [3.8, 4) is 106 Å². The molecule has 2 aliphatic rings. The summed E-state index contributed by atoms with van der Waals surface area (Å²) in [5, 5.41) is 2.45. The van der Waals surface area contributed by atoms with Crippen LogP contribution < -0.4 is 26.2 Å². The Labute approximate surface area is 609 Å². The van der Waals surface area contributed by atoms with Gasteiger partial charge in [-0.2, -0.15) is 0 Å². The molecule has 4 heteroatoms. The molecule has 1 aromatic heterocycles. The van der Waals surface area contributed by atoms with E-state index in [0.29, 0.717) is 0 Å². The lowest BCUT2D eigenvalue weighted by molar-refractivity contribution is 0.590. The number of nitrogens with zero attached hydrogens (tertiary/aromatic N) is 3. The van der Waals surface area contributed by atoms with Crippen LogP contribution in [0.15, 0.2) is 382 Å². The Kier molecular flexibility index (Phi) is 15.2. The Morgan fingerprint density at radius 2 is 0.577 bits per heavy atom. The maximum Gasteiger partial charge on any atom is 0.252 e. The molecule has 16 aromatic carbocycles. The van der Waals surface area contributed by atoms with Gasteiger partial charge in [0.2, 0.25) is 0 Å². The van der Waals surface area contributed by atoms with Gasteiger partial charge < -0.3 is 14.4 Å². The van der Waals surface area contributed by atoms with E-state index in [4.69, 9.17) is 0 Å². The van der Waals surface area contributed by atoms with Crippen molar-refractivity contribution in [3.05, 3.63) is 388 Å². The topological polar surface area (TPSA) is 11.4 Å². The molecule has 0 N–H and O–H groups in total. The molecule has 0 fully saturated rings. The number of rotatable bonds is 12. The van der Waals surface area contributed by atoms with Gasteiger partial charge >= 0.3 is 0 Å². The van der Waals surface area contributed by atoms with Crippen molar-refractivity contribution in [2.75, 3.05) is 9.80 Å². The largest absolute Gasteiger partial charge is 0.310 e. The molecule has 0 spiro atoms. The molecule has 19 rings (SSSR count). The van der Waals surface area contributed by atoms with E-state index < -0.39 is 0 Å². The number of benzene rings is 16. The number of hydrogen-bond acceptors (Lipinski definition) is 2.